The molecular formula is C16H27Cl2N3OS. The molecule has 1 aromatic heterocycles. The molecule has 132 valence electrons. The number of piperidine rings is 1. The number of rotatable bonds is 5. The summed E-state index contributed by atoms with van der Waals surface area (Å²) in [5.41, 5.74) is 0.996. The molecule has 3 unspecified atom stereocenters. The first-order valence-electron chi connectivity index (χ1n) is 8.13. The van der Waals surface area contributed by atoms with E-state index in [4.69, 9.17) is 0 Å². The third kappa shape index (κ3) is 5.31. The van der Waals surface area contributed by atoms with Crippen molar-refractivity contribution in [1.29, 1.82) is 0 Å². The molecule has 1 aromatic rings. The second-order valence-electron chi connectivity index (χ2n) is 6.49. The maximum Gasteiger partial charge on any atom is 0.220 e. The first kappa shape index (κ1) is 20.7. The summed E-state index contributed by atoms with van der Waals surface area (Å²) in [5.74, 6) is 0.734. The van der Waals surface area contributed by atoms with Gasteiger partial charge in [-0.3, -0.25) is 4.79 Å². The second-order valence-corrected chi connectivity index (χ2v) is 7.43. The van der Waals surface area contributed by atoms with Crippen molar-refractivity contribution in [3.05, 3.63) is 16.1 Å². The molecule has 3 atom stereocenters. The maximum atomic E-state index is 12.2. The number of carbonyl (C=O) groups excluding carboxylic acids is 1. The Bertz CT molecular complexity index is 499. The van der Waals surface area contributed by atoms with Crippen LogP contribution >= 0.6 is 36.2 Å². The van der Waals surface area contributed by atoms with Gasteiger partial charge in [-0.05, 0) is 44.9 Å². The molecule has 0 aliphatic carbocycles. The van der Waals surface area contributed by atoms with Crippen LogP contribution in [0.25, 0.3) is 0 Å². The van der Waals surface area contributed by atoms with E-state index in [1.807, 2.05) is 6.92 Å². The maximum absolute atomic E-state index is 12.2. The van der Waals surface area contributed by atoms with Gasteiger partial charge in [0.15, 0.2) is 0 Å². The van der Waals surface area contributed by atoms with Crippen molar-refractivity contribution in [3.8, 4) is 0 Å². The normalized spacial score (nSPS) is 26.8. The van der Waals surface area contributed by atoms with Crippen LogP contribution in [0.1, 0.15) is 62.7 Å². The van der Waals surface area contributed by atoms with E-state index >= 15 is 0 Å². The van der Waals surface area contributed by atoms with Crippen LogP contribution in [0.3, 0.4) is 0 Å². The molecule has 0 radical (unpaired) electrons. The van der Waals surface area contributed by atoms with Crippen LogP contribution in [-0.2, 0) is 11.2 Å². The van der Waals surface area contributed by atoms with Crippen molar-refractivity contribution in [1.82, 2.24) is 15.6 Å². The lowest BCUT2D eigenvalue weighted by atomic mass is 9.89. The van der Waals surface area contributed by atoms with E-state index in [2.05, 4.69) is 27.9 Å². The number of thiazole rings is 1. The van der Waals surface area contributed by atoms with Crippen LogP contribution in [0.5, 0.6) is 0 Å². The zero-order valence-corrected chi connectivity index (χ0v) is 16.2. The molecule has 2 bridgehead atoms. The number of amides is 1. The van der Waals surface area contributed by atoms with Gasteiger partial charge in [0.2, 0.25) is 5.91 Å². The van der Waals surface area contributed by atoms with Gasteiger partial charge >= 0.3 is 0 Å². The van der Waals surface area contributed by atoms with E-state index in [0.29, 0.717) is 24.4 Å². The van der Waals surface area contributed by atoms with Gasteiger partial charge in [-0.25, -0.2) is 4.98 Å². The van der Waals surface area contributed by atoms with Gasteiger partial charge in [0.05, 0.1) is 16.7 Å². The molecule has 4 nitrogen and oxygen atoms in total. The summed E-state index contributed by atoms with van der Waals surface area (Å²) in [6.45, 7) is 4.13. The highest BCUT2D eigenvalue weighted by Gasteiger charge is 2.34. The standard InChI is InChI=1S/C16H25N3OS.2ClH/c1-3-16-19-14(9-21-16)10(2)17-15(20)8-11-6-12-4-5-13(7-11)18-12;;/h9-13,18H,3-8H2,1-2H3,(H,17,20);2*1H. The summed E-state index contributed by atoms with van der Waals surface area (Å²) in [7, 11) is 0. The first-order chi connectivity index (χ1) is 10.1. The van der Waals surface area contributed by atoms with Crippen LogP contribution in [-0.4, -0.2) is 23.0 Å². The molecule has 3 heterocycles. The number of nitrogens with one attached hydrogen (secondary N) is 2. The lowest BCUT2D eigenvalue weighted by Gasteiger charge is -2.28. The molecule has 23 heavy (non-hydrogen) atoms. The average molecular weight is 380 g/mol. The lowest BCUT2D eigenvalue weighted by Crippen LogP contribution is -2.40. The van der Waals surface area contributed by atoms with E-state index in [1.165, 1.54) is 12.8 Å². The average Bonchev–Trinajstić information content (AvgIpc) is 3.05. The number of hydrogen-bond acceptors (Lipinski definition) is 4. The van der Waals surface area contributed by atoms with Crippen LogP contribution in [0, 0.1) is 5.92 Å². The number of fused-ring (bicyclic) bond motifs is 2. The molecule has 3 rings (SSSR count). The van der Waals surface area contributed by atoms with Crippen LogP contribution in [0.15, 0.2) is 5.38 Å². The minimum absolute atomic E-state index is 0. The number of carbonyl (C=O) groups is 1. The lowest BCUT2D eigenvalue weighted by molar-refractivity contribution is -0.122. The highest BCUT2D eigenvalue weighted by Crippen LogP contribution is 2.32. The Labute approximate surface area is 155 Å². The molecule has 0 aromatic carbocycles. The van der Waals surface area contributed by atoms with Crippen molar-refractivity contribution in [3.63, 3.8) is 0 Å². The van der Waals surface area contributed by atoms with Crippen molar-refractivity contribution < 1.29 is 4.79 Å². The second kappa shape index (κ2) is 9.21. The number of nitrogens with zero attached hydrogens (tertiary/aromatic N) is 1. The molecule has 2 aliphatic heterocycles. The van der Waals surface area contributed by atoms with Crippen LogP contribution in [0.2, 0.25) is 0 Å². The monoisotopic (exact) mass is 379 g/mol. The van der Waals surface area contributed by atoms with Crippen molar-refractivity contribution in [2.45, 2.75) is 70.5 Å². The SMILES string of the molecule is CCc1nc(C(C)NC(=O)CC2CC3CCC(C2)N3)cs1.Cl.Cl. The third-order valence-corrected chi connectivity index (χ3v) is 5.75. The fourth-order valence-corrected chi connectivity index (χ4v) is 4.50. The molecular weight excluding hydrogens is 353 g/mol. The topological polar surface area (TPSA) is 54.0 Å². The quantitative estimate of drug-likeness (QED) is 0.820. The summed E-state index contributed by atoms with van der Waals surface area (Å²) < 4.78 is 0. The van der Waals surface area contributed by atoms with Gasteiger partial charge in [0.1, 0.15) is 0 Å². The summed E-state index contributed by atoms with van der Waals surface area (Å²) in [5, 5.41) is 9.95. The molecule has 1 amide bonds. The third-order valence-electron chi connectivity index (χ3n) is 4.74. The number of aromatic nitrogens is 1. The molecule has 2 N–H and O–H groups in total. The zero-order chi connectivity index (χ0) is 14.8. The highest BCUT2D eigenvalue weighted by molar-refractivity contribution is 7.09. The Hall–Kier alpha value is -0.360. The summed E-state index contributed by atoms with van der Waals surface area (Å²) in [4.78, 5) is 16.8. The largest absolute Gasteiger partial charge is 0.348 e. The Balaban J connectivity index is 0.00000132. The highest BCUT2D eigenvalue weighted by atomic mass is 35.5. The molecule has 0 saturated carbocycles. The van der Waals surface area contributed by atoms with Gasteiger partial charge in [-0.2, -0.15) is 0 Å². The van der Waals surface area contributed by atoms with Gasteiger partial charge in [-0.15, -0.1) is 36.2 Å². The van der Waals surface area contributed by atoms with Crippen molar-refractivity contribution in [2.75, 3.05) is 0 Å². The van der Waals surface area contributed by atoms with Gasteiger partial charge in [0, 0.05) is 23.9 Å². The predicted molar refractivity (Wildman–Crippen MR) is 99.8 cm³/mol. The molecule has 2 fully saturated rings. The van der Waals surface area contributed by atoms with Gasteiger partial charge < -0.3 is 10.6 Å². The Kier molecular flexibility index (Phi) is 8.28. The van der Waals surface area contributed by atoms with E-state index in [9.17, 15) is 4.79 Å². The Morgan fingerprint density at radius 3 is 2.61 bits per heavy atom. The molecule has 0 spiro atoms. The summed E-state index contributed by atoms with van der Waals surface area (Å²) >= 11 is 1.68. The Morgan fingerprint density at radius 2 is 2.04 bits per heavy atom. The van der Waals surface area contributed by atoms with Crippen molar-refractivity contribution in [2.24, 2.45) is 5.92 Å². The van der Waals surface area contributed by atoms with E-state index in [-0.39, 0.29) is 36.8 Å². The molecule has 2 saturated heterocycles. The fourth-order valence-electron chi connectivity index (χ4n) is 3.66. The Morgan fingerprint density at radius 1 is 1.39 bits per heavy atom. The number of hydrogen-bond donors (Lipinski definition) is 2. The van der Waals surface area contributed by atoms with Gasteiger partial charge in [0.25, 0.3) is 0 Å². The smallest absolute Gasteiger partial charge is 0.220 e. The minimum Gasteiger partial charge on any atom is -0.348 e. The first-order valence-corrected chi connectivity index (χ1v) is 9.01. The number of halogens is 2. The number of aryl methyl sites for hydroxylation is 1. The molecule has 7 heteroatoms. The molecule has 2 aliphatic rings. The summed E-state index contributed by atoms with van der Waals surface area (Å²) in [6, 6.07) is 1.33. The van der Waals surface area contributed by atoms with Gasteiger partial charge in [-0.1, -0.05) is 6.92 Å². The predicted octanol–water partition coefficient (Wildman–Crippen LogP) is 3.65. The van der Waals surface area contributed by atoms with Crippen LogP contribution < -0.4 is 10.6 Å². The van der Waals surface area contributed by atoms with E-state index in [0.717, 1.165) is 30.0 Å². The van der Waals surface area contributed by atoms with E-state index in [1.54, 1.807) is 11.3 Å². The summed E-state index contributed by atoms with van der Waals surface area (Å²) in [6.07, 6.45) is 6.53. The zero-order valence-electron chi connectivity index (χ0n) is 13.7. The van der Waals surface area contributed by atoms with Crippen LogP contribution in [0.4, 0.5) is 0 Å². The van der Waals surface area contributed by atoms with Crippen molar-refractivity contribution >= 4 is 42.1 Å². The minimum atomic E-state index is 0. The van der Waals surface area contributed by atoms with E-state index < -0.39 is 0 Å². The fraction of sp³-hybridized carbons (Fsp3) is 0.750.